The predicted octanol–water partition coefficient (Wildman–Crippen LogP) is 3.38. The van der Waals surface area contributed by atoms with E-state index < -0.39 is 0 Å². The van der Waals surface area contributed by atoms with Crippen molar-refractivity contribution in [2.45, 2.75) is 59.9 Å². The maximum absolute atomic E-state index is 3.61. The van der Waals surface area contributed by atoms with Gasteiger partial charge in [-0.2, -0.15) is 0 Å². The Bertz CT molecular complexity index is 222. The van der Waals surface area contributed by atoms with Gasteiger partial charge in [-0.1, -0.05) is 20.8 Å². The molecule has 0 aromatic heterocycles. The van der Waals surface area contributed by atoms with Crippen LogP contribution in [0.4, 0.5) is 0 Å². The summed E-state index contributed by atoms with van der Waals surface area (Å²) in [6.45, 7) is 18.8. The standard InChI is InChI=1S/C16H34N2/c1-13(2)15-7-9-18(10-8-15)12-14(3)11-17-16(4,5)6/h13-15,17H,7-12H2,1-6H3. The van der Waals surface area contributed by atoms with Gasteiger partial charge in [0.25, 0.3) is 0 Å². The summed E-state index contributed by atoms with van der Waals surface area (Å²) >= 11 is 0. The molecule has 1 saturated heterocycles. The van der Waals surface area contributed by atoms with Crippen LogP contribution >= 0.6 is 0 Å². The molecule has 1 aliphatic heterocycles. The van der Waals surface area contributed by atoms with Crippen molar-refractivity contribution in [1.29, 1.82) is 0 Å². The van der Waals surface area contributed by atoms with E-state index in [0.29, 0.717) is 0 Å². The number of piperidine rings is 1. The van der Waals surface area contributed by atoms with E-state index in [1.807, 2.05) is 0 Å². The van der Waals surface area contributed by atoms with E-state index in [1.54, 1.807) is 0 Å². The molecule has 0 bridgehead atoms. The van der Waals surface area contributed by atoms with E-state index in [-0.39, 0.29) is 5.54 Å². The van der Waals surface area contributed by atoms with Crippen molar-refractivity contribution in [3.63, 3.8) is 0 Å². The second-order valence-corrected chi connectivity index (χ2v) is 7.62. The molecule has 0 aliphatic carbocycles. The zero-order valence-corrected chi connectivity index (χ0v) is 13.4. The summed E-state index contributed by atoms with van der Waals surface area (Å²) in [6.07, 6.45) is 2.80. The van der Waals surface area contributed by atoms with E-state index in [0.717, 1.165) is 24.3 Å². The number of hydrogen-bond acceptors (Lipinski definition) is 2. The summed E-state index contributed by atoms with van der Waals surface area (Å²) < 4.78 is 0. The van der Waals surface area contributed by atoms with Crippen LogP contribution in [-0.2, 0) is 0 Å². The van der Waals surface area contributed by atoms with Crippen molar-refractivity contribution in [1.82, 2.24) is 10.2 Å². The number of nitrogens with one attached hydrogen (secondary N) is 1. The molecule has 1 fully saturated rings. The third kappa shape index (κ3) is 6.19. The second kappa shape index (κ2) is 6.91. The Morgan fingerprint density at radius 2 is 1.67 bits per heavy atom. The fourth-order valence-electron chi connectivity index (χ4n) is 2.79. The molecular formula is C16H34N2. The molecule has 0 amide bonds. The molecule has 0 aromatic carbocycles. The molecule has 0 saturated carbocycles. The first-order chi connectivity index (χ1) is 8.28. The Hall–Kier alpha value is -0.0800. The SMILES string of the molecule is CC(CNC(C)(C)C)CN1CCC(C(C)C)CC1. The fraction of sp³-hybridized carbons (Fsp3) is 1.00. The van der Waals surface area contributed by atoms with E-state index in [4.69, 9.17) is 0 Å². The minimum atomic E-state index is 0.249. The van der Waals surface area contributed by atoms with Crippen molar-refractivity contribution >= 4 is 0 Å². The van der Waals surface area contributed by atoms with Crippen molar-refractivity contribution in [3.8, 4) is 0 Å². The van der Waals surface area contributed by atoms with Gasteiger partial charge in [0.15, 0.2) is 0 Å². The molecule has 2 nitrogen and oxygen atoms in total. The Labute approximate surface area is 115 Å². The first-order valence-electron chi connectivity index (χ1n) is 7.75. The molecule has 1 aliphatic rings. The highest BCUT2D eigenvalue weighted by Gasteiger charge is 2.22. The summed E-state index contributed by atoms with van der Waals surface area (Å²) in [5.74, 6) is 2.58. The van der Waals surface area contributed by atoms with Crippen molar-refractivity contribution in [2.75, 3.05) is 26.2 Å². The molecule has 1 atom stereocenters. The van der Waals surface area contributed by atoms with Gasteiger partial charge in [0.05, 0.1) is 0 Å². The zero-order valence-electron chi connectivity index (χ0n) is 13.4. The van der Waals surface area contributed by atoms with Crippen molar-refractivity contribution < 1.29 is 0 Å². The van der Waals surface area contributed by atoms with Gasteiger partial charge >= 0.3 is 0 Å². The number of hydrogen-bond donors (Lipinski definition) is 1. The molecule has 1 heterocycles. The molecule has 1 unspecified atom stereocenters. The lowest BCUT2D eigenvalue weighted by Crippen LogP contribution is -2.43. The van der Waals surface area contributed by atoms with E-state index in [1.165, 1.54) is 32.5 Å². The molecule has 1 N–H and O–H groups in total. The highest BCUT2D eigenvalue weighted by Crippen LogP contribution is 2.24. The van der Waals surface area contributed by atoms with Crippen LogP contribution in [-0.4, -0.2) is 36.6 Å². The van der Waals surface area contributed by atoms with Crippen molar-refractivity contribution in [3.05, 3.63) is 0 Å². The summed E-state index contributed by atoms with van der Waals surface area (Å²) in [5.41, 5.74) is 0.249. The largest absolute Gasteiger partial charge is 0.312 e. The van der Waals surface area contributed by atoms with Gasteiger partial charge < -0.3 is 10.2 Å². The van der Waals surface area contributed by atoms with Crippen LogP contribution in [0.15, 0.2) is 0 Å². The summed E-state index contributed by atoms with van der Waals surface area (Å²) in [4.78, 5) is 2.66. The van der Waals surface area contributed by atoms with Gasteiger partial charge in [0.2, 0.25) is 0 Å². The van der Waals surface area contributed by atoms with Gasteiger partial charge in [0.1, 0.15) is 0 Å². The van der Waals surface area contributed by atoms with Crippen LogP contribution in [0.2, 0.25) is 0 Å². The molecule has 108 valence electrons. The highest BCUT2D eigenvalue weighted by atomic mass is 15.1. The molecule has 18 heavy (non-hydrogen) atoms. The first kappa shape index (κ1) is 16.0. The summed E-state index contributed by atoms with van der Waals surface area (Å²) in [6, 6.07) is 0. The summed E-state index contributed by atoms with van der Waals surface area (Å²) in [7, 11) is 0. The second-order valence-electron chi connectivity index (χ2n) is 7.62. The molecule has 0 aromatic rings. The van der Waals surface area contributed by atoms with Gasteiger partial charge in [-0.05, 0) is 71.0 Å². The maximum Gasteiger partial charge on any atom is 0.00966 e. The van der Waals surface area contributed by atoms with Crippen molar-refractivity contribution in [2.24, 2.45) is 17.8 Å². The Morgan fingerprint density at radius 3 is 2.11 bits per heavy atom. The van der Waals surface area contributed by atoms with Gasteiger partial charge in [-0.25, -0.2) is 0 Å². The smallest absolute Gasteiger partial charge is 0.00966 e. The number of rotatable bonds is 5. The van der Waals surface area contributed by atoms with E-state index in [9.17, 15) is 0 Å². The maximum atomic E-state index is 3.61. The average Bonchev–Trinajstić information content (AvgIpc) is 2.26. The molecule has 0 spiro atoms. The zero-order chi connectivity index (χ0) is 13.8. The molecule has 2 heteroatoms. The first-order valence-corrected chi connectivity index (χ1v) is 7.75. The van der Waals surface area contributed by atoms with Crippen LogP contribution in [0, 0.1) is 17.8 Å². The van der Waals surface area contributed by atoms with Crippen LogP contribution < -0.4 is 5.32 Å². The van der Waals surface area contributed by atoms with E-state index in [2.05, 4.69) is 51.8 Å². The van der Waals surface area contributed by atoms with E-state index >= 15 is 0 Å². The normalized spacial score (nSPS) is 21.5. The number of likely N-dealkylation sites (tertiary alicyclic amines) is 1. The predicted molar refractivity (Wildman–Crippen MR) is 80.9 cm³/mol. The lowest BCUT2D eigenvalue weighted by Gasteiger charge is -2.35. The van der Waals surface area contributed by atoms with Crippen LogP contribution in [0.1, 0.15) is 54.4 Å². The molecular weight excluding hydrogens is 220 g/mol. The summed E-state index contributed by atoms with van der Waals surface area (Å²) in [5, 5.41) is 3.61. The third-order valence-corrected chi connectivity index (χ3v) is 4.13. The topological polar surface area (TPSA) is 15.3 Å². The highest BCUT2D eigenvalue weighted by molar-refractivity contribution is 4.77. The van der Waals surface area contributed by atoms with Gasteiger partial charge in [-0.15, -0.1) is 0 Å². The Morgan fingerprint density at radius 1 is 1.11 bits per heavy atom. The Balaban J connectivity index is 2.20. The lowest BCUT2D eigenvalue weighted by atomic mass is 9.86. The fourth-order valence-corrected chi connectivity index (χ4v) is 2.79. The quantitative estimate of drug-likeness (QED) is 0.809. The average molecular weight is 254 g/mol. The number of nitrogens with zero attached hydrogens (tertiary/aromatic N) is 1. The van der Waals surface area contributed by atoms with Crippen LogP contribution in [0.5, 0.6) is 0 Å². The minimum Gasteiger partial charge on any atom is -0.312 e. The molecule has 1 rings (SSSR count). The lowest BCUT2D eigenvalue weighted by molar-refractivity contribution is 0.140. The van der Waals surface area contributed by atoms with Gasteiger partial charge in [0, 0.05) is 12.1 Å². The van der Waals surface area contributed by atoms with Crippen LogP contribution in [0.3, 0.4) is 0 Å². The van der Waals surface area contributed by atoms with Gasteiger partial charge in [-0.3, -0.25) is 0 Å². The van der Waals surface area contributed by atoms with Crippen LogP contribution in [0.25, 0.3) is 0 Å². The molecule has 0 radical (unpaired) electrons. The monoisotopic (exact) mass is 254 g/mol. The third-order valence-electron chi connectivity index (χ3n) is 4.13. The minimum absolute atomic E-state index is 0.249. The Kier molecular flexibility index (Phi) is 6.13.